The number of hydrogen-bond donors (Lipinski definition) is 1. The molecule has 2 aromatic rings. The third kappa shape index (κ3) is 3.00. The summed E-state index contributed by atoms with van der Waals surface area (Å²) in [6.07, 6.45) is 1.74. The van der Waals surface area contributed by atoms with Crippen molar-refractivity contribution in [3.05, 3.63) is 60.4 Å². The molecule has 2 aliphatic heterocycles. The number of anilines is 1. The molecular weight excluding hydrogens is 304 g/mol. The molecule has 2 atom stereocenters. The van der Waals surface area contributed by atoms with Crippen molar-refractivity contribution in [2.75, 3.05) is 18.4 Å². The van der Waals surface area contributed by atoms with Gasteiger partial charge in [-0.1, -0.05) is 29.4 Å². The van der Waals surface area contributed by atoms with Crippen LogP contribution in [0, 0.1) is 5.92 Å². The monoisotopic (exact) mass is 322 g/mol. The molecule has 6 heteroatoms. The van der Waals surface area contributed by atoms with E-state index >= 15 is 0 Å². The van der Waals surface area contributed by atoms with Gasteiger partial charge < -0.3 is 10.2 Å². The second kappa shape index (κ2) is 6.41. The van der Waals surface area contributed by atoms with E-state index in [1.54, 1.807) is 6.20 Å². The van der Waals surface area contributed by atoms with Crippen LogP contribution in [-0.4, -0.2) is 40.7 Å². The minimum absolute atomic E-state index is 0.0115. The zero-order valence-electron chi connectivity index (χ0n) is 13.1. The number of nitrogens with one attached hydrogen (secondary N) is 1. The number of likely N-dealkylation sites (tertiary alicyclic amines) is 1. The highest BCUT2D eigenvalue weighted by Crippen LogP contribution is 2.28. The van der Waals surface area contributed by atoms with Gasteiger partial charge >= 0.3 is 0 Å². The van der Waals surface area contributed by atoms with E-state index in [2.05, 4.69) is 20.4 Å². The van der Waals surface area contributed by atoms with Gasteiger partial charge in [0, 0.05) is 31.5 Å². The van der Waals surface area contributed by atoms with Crippen LogP contribution in [0.1, 0.15) is 5.69 Å². The maximum absolute atomic E-state index is 12.5. The number of benzene rings is 1. The number of rotatable bonds is 4. The van der Waals surface area contributed by atoms with Crippen LogP contribution in [0.5, 0.6) is 0 Å². The van der Waals surface area contributed by atoms with Crippen LogP contribution < -0.4 is 5.32 Å². The highest BCUT2D eigenvalue weighted by molar-refractivity contribution is 6.44. The van der Waals surface area contributed by atoms with E-state index in [0.717, 1.165) is 31.0 Å². The Bertz CT molecular complexity index is 748. The van der Waals surface area contributed by atoms with Crippen molar-refractivity contribution in [3.63, 3.8) is 0 Å². The predicted molar refractivity (Wildman–Crippen MR) is 90.4 cm³/mol. The van der Waals surface area contributed by atoms with Gasteiger partial charge in [0.1, 0.15) is 6.10 Å². The molecule has 1 amide bonds. The number of oxime groups is 1. The van der Waals surface area contributed by atoms with E-state index in [4.69, 9.17) is 4.84 Å². The molecule has 24 heavy (non-hydrogen) atoms. The number of amides is 1. The normalized spacial score (nSPS) is 22.6. The van der Waals surface area contributed by atoms with Gasteiger partial charge in [-0.2, -0.15) is 0 Å². The standard InChI is InChI=1S/C18H18N4O2/c23-18(20-13-6-2-1-3-7-13)17-15-11-22(12-16(15)24-21-17)10-14-8-4-5-9-19-14/h1-9,15-16H,10-12H2,(H,20,23)/t15-,16+/m0/s1. The van der Waals surface area contributed by atoms with E-state index in [-0.39, 0.29) is 17.9 Å². The fraction of sp³-hybridized carbons (Fsp3) is 0.278. The van der Waals surface area contributed by atoms with Crippen molar-refractivity contribution in [2.24, 2.45) is 11.1 Å². The molecule has 6 nitrogen and oxygen atoms in total. The van der Waals surface area contributed by atoms with E-state index in [9.17, 15) is 4.79 Å². The summed E-state index contributed by atoms with van der Waals surface area (Å²) >= 11 is 0. The average molecular weight is 322 g/mol. The molecule has 1 fully saturated rings. The van der Waals surface area contributed by atoms with Crippen molar-refractivity contribution >= 4 is 17.3 Å². The highest BCUT2D eigenvalue weighted by Gasteiger charge is 2.44. The molecule has 0 radical (unpaired) electrons. The first-order valence-corrected chi connectivity index (χ1v) is 8.02. The van der Waals surface area contributed by atoms with Gasteiger partial charge in [0.2, 0.25) is 0 Å². The lowest BCUT2D eigenvalue weighted by Crippen LogP contribution is -2.32. The molecule has 122 valence electrons. The van der Waals surface area contributed by atoms with Gasteiger partial charge in [-0.15, -0.1) is 0 Å². The molecule has 0 unspecified atom stereocenters. The highest BCUT2D eigenvalue weighted by atomic mass is 16.6. The predicted octanol–water partition coefficient (Wildman–Crippen LogP) is 1.91. The summed E-state index contributed by atoms with van der Waals surface area (Å²) in [7, 11) is 0. The summed E-state index contributed by atoms with van der Waals surface area (Å²) in [5.41, 5.74) is 2.26. The van der Waals surface area contributed by atoms with Gasteiger partial charge in [-0.3, -0.25) is 14.7 Å². The first kappa shape index (κ1) is 14.8. The van der Waals surface area contributed by atoms with Crippen LogP contribution in [0.15, 0.2) is 59.9 Å². The maximum atomic E-state index is 12.5. The first-order chi connectivity index (χ1) is 11.8. The smallest absolute Gasteiger partial charge is 0.273 e. The molecule has 1 aromatic carbocycles. The van der Waals surface area contributed by atoms with Crippen molar-refractivity contribution in [1.29, 1.82) is 0 Å². The Kier molecular flexibility index (Phi) is 3.96. The zero-order valence-corrected chi connectivity index (χ0v) is 13.1. The lowest BCUT2D eigenvalue weighted by Gasteiger charge is -2.15. The topological polar surface area (TPSA) is 66.8 Å². The zero-order chi connectivity index (χ0) is 16.4. The lowest BCUT2D eigenvalue weighted by atomic mass is 10.0. The van der Waals surface area contributed by atoms with Gasteiger partial charge in [-0.05, 0) is 24.3 Å². The number of carbonyl (C=O) groups excluding carboxylic acids is 1. The maximum Gasteiger partial charge on any atom is 0.273 e. The molecule has 0 aliphatic carbocycles. The number of nitrogens with zero attached hydrogens (tertiary/aromatic N) is 3. The number of carbonyl (C=O) groups is 1. The minimum atomic E-state index is -0.187. The summed E-state index contributed by atoms with van der Waals surface area (Å²) in [5, 5.41) is 6.90. The largest absolute Gasteiger partial charge is 0.390 e. The minimum Gasteiger partial charge on any atom is -0.390 e. The molecule has 0 bridgehead atoms. The number of hydrogen-bond acceptors (Lipinski definition) is 5. The molecule has 4 rings (SSSR count). The van der Waals surface area contributed by atoms with Gasteiger partial charge in [0.05, 0.1) is 11.6 Å². The van der Waals surface area contributed by atoms with E-state index < -0.39 is 0 Å². The van der Waals surface area contributed by atoms with Crippen LogP contribution in [0.2, 0.25) is 0 Å². The summed E-state index contributed by atoms with van der Waals surface area (Å²) in [4.78, 5) is 24.6. The van der Waals surface area contributed by atoms with Crippen LogP contribution >= 0.6 is 0 Å². The van der Waals surface area contributed by atoms with Gasteiger partial charge in [-0.25, -0.2) is 0 Å². The van der Waals surface area contributed by atoms with Crippen LogP contribution in [-0.2, 0) is 16.2 Å². The Labute approximate surface area is 140 Å². The van der Waals surface area contributed by atoms with Crippen LogP contribution in [0.25, 0.3) is 0 Å². The van der Waals surface area contributed by atoms with Crippen molar-refractivity contribution in [3.8, 4) is 0 Å². The Morgan fingerprint density at radius 1 is 1.17 bits per heavy atom. The molecule has 1 aromatic heterocycles. The molecule has 3 heterocycles. The quantitative estimate of drug-likeness (QED) is 0.934. The van der Waals surface area contributed by atoms with E-state index in [0.29, 0.717) is 5.71 Å². The second-order valence-corrected chi connectivity index (χ2v) is 6.06. The van der Waals surface area contributed by atoms with Crippen LogP contribution in [0.4, 0.5) is 5.69 Å². The number of para-hydroxylation sites is 1. The Morgan fingerprint density at radius 3 is 2.79 bits per heavy atom. The molecule has 0 spiro atoms. The number of pyridine rings is 1. The lowest BCUT2D eigenvalue weighted by molar-refractivity contribution is -0.110. The second-order valence-electron chi connectivity index (χ2n) is 6.06. The SMILES string of the molecule is O=C(Nc1ccccc1)C1=NO[C@@H]2CN(Cc3ccccn3)C[C@H]12. The average Bonchev–Trinajstić information content (AvgIpc) is 3.16. The summed E-state index contributed by atoms with van der Waals surface area (Å²) in [6, 6.07) is 15.3. The van der Waals surface area contributed by atoms with Crippen molar-refractivity contribution < 1.29 is 9.63 Å². The Balaban J connectivity index is 1.40. The van der Waals surface area contributed by atoms with Gasteiger partial charge in [0.25, 0.3) is 5.91 Å². The molecule has 2 aliphatic rings. The molecule has 0 saturated carbocycles. The van der Waals surface area contributed by atoms with E-state index in [1.165, 1.54) is 0 Å². The third-order valence-corrected chi connectivity index (χ3v) is 4.36. The Morgan fingerprint density at radius 2 is 2.00 bits per heavy atom. The first-order valence-electron chi connectivity index (χ1n) is 8.02. The summed E-state index contributed by atoms with van der Waals surface area (Å²) in [5.74, 6) is -0.175. The molecule has 1 N–H and O–H groups in total. The summed E-state index contributed by atoms with van der Waals surface area (Å²) < 4.78 is 0. The summed E-state index contributed by atoms with van der Waals surface area (Å²) in [6.45, 7) is 2.26. The fourth-order valence-electron chi connectivity index (χ4n) is 3.19. The number of aromatic nitrogens is 1. The van der Waals surface area contributed by atoms with Crippen LogP contribution in [0.3, 0.4) is 0 Å². The fourth-order valence-corrected chi connectivity index (χ4v) is 3.19. The van der Waals surface area contributed by atoms with Crippen molar-refractivity contribution in [2.45, 2.75) is 12.6 Å². The molecular formula is C18H18N4O2. The van der Waals surface area contributed by atoms with Gasteiger partial charge in [0.15, 0.2) is 5.71 Å². The Hall–Kier alpha value is -2.73. The van der Waals surface area contributed by atoms with Crippen molar-refractivity contribution in [1.82, 2.24) is 9.88 Å². The molecule has 1 saturated heterocycles. The van der Waals surface area contributed by atoms with E-state index in [1.807, 2.05) is 48.5 Å². The third-order valence-electron chi connectivity index (χ3n) is 4.36. The number of fused-ring (bicyclic) bond motifs is 1.